The van der Waals surface area contributed by atoms with Gasteiger partial charge in [0.15, 0.2) is 0 Å². The number of alkyl halides is 3. The van der Waals surface area contributed by atoms with Crippen LogP contribution in [0.5, 0.6) is 0 Å². The predicted molar refractivity (Wildman–Crippen MR) is 69.2 cm³/mol. The van der Waals surface area contributed by atoms with E-state index in [0.29, 0.717) is 25.2 Å². The molecule has 0 radical (unpaired) electrons. The molecule has 1 saturated heterocycles. The van der Waals surface area contributed by atoms with Crippen LogP contribution in [0.2, 0.25) is 0 Å². The summed E-state index contributed by atoms with van der Waals surface area (Å²) in [4.78, 5) is 12.0. The van der Waals surface area contributed by atoms with Gasteiger partial charge in [0.05, 0.1) is 10.8 Å². The highest BCUT2D eigenvalue weighted by Crippen LogP contribution is 2.32. The van der Waals surface area contributed by atoms with Crippen LogP contribution < -0.4 is 10.6 Å². The number of carbonyl (C=O) groups excluding carboxylic acids is 1. The van der Waals surface area contributed by atoms with E-state index < -0.39 is 26.1 Å². The zero-order valence-electron chi connectivity index (χ0n) is 10.8. The summed E-state index contributed by atoms with van der Waals surface area (Å²) in [5, 5.41) is 0. The summed E-state index contributed by atoms with van der Waals surface area (Å²) in [5.41, 5.74) is 0.432. The molecule has 1 aromatic rings. The van der Waals surface area contributed by atoms with E-state index in [1.807, 2.05) is 0 Å². The number of halogens is 3. The first-order chi connectivity index (χ1) is 9.63. The first-order valence-corrected chi connectivity index (χ1v) is 7.57. The van der Waals surface area contributed by atoms with Gasteiger partial charge in [-0.3, -0.25) is 4.79 Å². The molecule has 1 amide bonds. The number of hydrogen-bond donors (Lipinski definition) is 1. The molecule has 0 bridgehead atoms. The number of primary amides is 1. The average Bonchev–Trinajstić information content (AvgIpc) is 2.87. The molecule has 1 heterocycles. The molecule has 1 atom stereocenters. The molecule has 21 heavy (non-hydrogen) atoms. The van der Waals surface area contributed by atoms with Crippen LogP contribution >= 0.6 is 0 Å². The van der Waals surface area contributed by atoms with Crippen LogP contribution in [0, 0.1) is 5.92 Å². The van der Waals surface area contributed by atoms with Gasteiger partial charge in [-0.1, -0.05) is 0 Å². The number of nitrogens with two attached hydrogens (primary N) is 1. The number of amides is 1. The number of hydrogen-bond acceptors (Lipinski definition) is 4. The molecule has 2 rings (SSSR count). The summed E-state index contributed by atoms with van der Waals surface area (Å²) in [7, 11) is -5.33. The summed E-state index contributed by atoms with van der Waals surface area (Å²) in [6, 6.07) is 4.41. The van der Waals surface area contributed by atoms with Gasteiger partial charge in [-0.2, -0.15) is 13.2 Å². The molecule has 0 aromatic heterocycles. The normalized spacial score (nSPS) is 19.8. The van der Waals surface area contributed by atoms with Crippen LogP contribution in [0.25, 0.3) is 0 Å². The zero-order chi connectivity index (χ0) is 15.8. The Balaban J connectivity index is 2.19. The Morgan fingerprint density at radius 1 is 1.24 bits per heavy atom. The van der Waals surface area contributed by atoms with Crippen molar-refractivity contribution in [3.05, 3.63) is 24.3 Å². The number of rotatable bonds is 3. The number of carbonyl (C=O) groups is 1. The summed E-state index contributed by atoms with van der Waals surface area (Å²) >= 11 is 0. The molecule has 1 aliphatic rings. The van der Waals surface area contributed by atoms with Crippen molar-refractivity contribution in [2.24, 2.45) is 11.7 Å². The fourth-order valence-electron chi connectivity index (χ4n) is 2.20. The van der Waals surface area contributed by atoms with E-state index in [-0.39, 0.29) is 5.92 Å². The number of anilines is 1. The van der Waals surface area contributed by atoms with Crippen LogP contribution in [-0.2, 0) is 14.6 Å². The van der Waals surface area contributed by atoms with Gasteiger partial charge >= 0.3 is 5.51 Å². The average molecular weight is 322 g/mol. The van der Waals surface area contributed by atoms with E-state index in [4.69, 9.17) is 5.73 Å². The highest BCUT2D eigenvalue weighted by molar-refractivity contribution is 7.92. The highest BCUT2D eigenvalue weighted by atomic mass is 32.2. The van der Waals surface area contributed by atoms with E-state index in [0.717, 1.165) is 12.1 Å². The van der Waals surface area contributed by atoms with Gasteiger partial charge in [0.2, 0.25) is 5.91 Å². The van der Waals surface area contributed by atoms with Crippen LogP contribution in [-0.4, -0.2) is 32.9 Å². The van der Waals surface area contributed by atoms with Crippen molar-refractivity contribution in [1.29, 1.82) is 0 Å². The Hall–Kier alpha value is -1.77. The minimum absolute atomic E-state index is 0.302. The third kappa shape index (κ3) is 2.97. The molecule has 9 heteroatoms. The van der Waals surface area contributed by atoms with Crippen molar-refractivity contribution < 1.29 is 26.4 Å². The second kappa shape index (κ2) is 5.21. The maximum absolute atomic E-state index is 12.4. The lowest BCUT2D eigenvalue weighted by Gasteiger charge is -2.18. The summed E-state index contributed by atoms with van der Waals surface area (Å²) < 4.78 is 59.7. The molecule has 0 spiro atoms. The Morgan fingerprint density at radius 3 is 2.24 bits per heavy atom. The van der Waals surface area contributed by atoms with Crippen LogP contribution in [0.4, 0.5) is 18.9 Å². The van der Waals surface area contributed by atoms with Gasteiger partial charge < -0.3 is 10.6 Å². The largest absolute Gasteiger partial charge is 0.501 e. The third-order valence-corrected chi connectivity index (χ3v) is 4.91. The molecule has 5 nitrogen and oxygen atoms in total. The molecular formula is C12H13F3N2O3S. The number of nitrogens with zero attached hydrogens (tertiary/aromatic N) is 1. The third-order valence-electron chi connectivity index (χ3n) is 3.41. The van der Waals surface area contributed by atoms with E-state index in [1.165, 1.54) is 12.1 Å². The summed E-state index contributed by atoms with van der Waals surface area (Å²) in [6.07, 6.45) is 0.567. The maximum Gasteiger partial charge on any atom is 0.501 e. The van der Waals surface area contributed by atoms with Gasteiger partial charge in [0, 0.05) is 18.8 Å². The lowest BCUT2D eigenvalue weighted by Crippen LogP contribution is -2.27. The molecule has 0 unspecified atom stereocenters. The number of benzene rings is 1. The van der Waals surface area contributed by atoms with Crippen molar-refractivity contribution in [2.75, 3.05) is 18.0 Å². The van der Waals surface area contributed by atoms with E-state index >= 15 is 0 Å². The quantitative estimate of drug-likeness (QED) is 0.909. The monoisotopic (exact) mass is 322 g/mol. The fourth-order valence-corrected chi connectivity index (χ4v) is 2.96. The Labute approximate surface area is 119 Å². The molecule has 1 aliphatic heterocycles. The van der Waals surface area contributed by atoms with Crippen molar-refractivity contribution in [3.63, 3.8) is 0 Å². The van der Waals surface area contributed by atoms with Crippen LogP contribution in [0.3, 0.4) is 0 Å². The van der Waals surface area contributed by atoms with E-state index in [2.05, 4.69) is 0 Å². The van der Waals surface area contributed by atoms with Gasteiger partial charge in [-0.05, 0) is 30.7 Å². The predicted octanol–water partition coefficient (Wildman–Crippen LogP) is 1.29. The Kier molecular flexibility index (Phi) is 3.87. The van der Waals surface area contributed by atoms with Gasteiger partial charge in [-0.25, -0.2) is 8.42 Å². The number of sulfone groups is 1. The molecule has 2 N–H and O–H groups in total. The fraction of sp³-hybridized carbons (Fsp3) is 0.417. The molecule has 1 aromatic carbocycles. The second-order valence-electron chi connectivity index (χ2n) is 4.78. The second-order valence-corrected chi connectivity index (χ2v) is 6.72. The Bertz CT molecular complexity index is 641. The smallest absolute Gasteiger partial charge is 0.371 e. The minimum Gasteiger partial charge on any atom is -0.371 e. The molecule has 0 aliphatic carbocycles. The van der Waals surface area contributed by atoms with Crippen LogP contribution in [0.1, 0.15) is 6.42 Å². The molecule has 0 saturated carbocycles. The summed E-state index contributed by atoms with van der Waals surface area (Å²) in [6.45, 7) is 0.916. The minimum atomic E-state index is -5.33. The van der Waals surface area contributed by atoms with E-state index in [9.17, 15) is 26.4 Å². The lowest BCUT2D eigenvalue weighted by atomic mass is 10.1. The maximum atomic E-state index is 12.4. The van der Waals surface area contributed by atoms with Gasteiger partial charge in [-0.15, -0.1) is 0 Å². The molecule has 116 valence electrons. The lowest BCUT2D eigenvalue weighted by molar-refractivity contribution is -0.121. The first kappa shape index (κ1) is 15.6. The molecular weight excluding hydrogens is 309 g/mol. The van der Waals surface area contributed by atoms with Crippen molar-refractivity contribution in [2.45, 2.75) is 16.8 Å². The zero-order valence-corrected chi connectivity index (χ0v) is 11.6. The standard InChI is InChI=1S/C12H13F3N2O3S/c13-12(14,15)21(19,20)10-3-1-9(2-4-10)17-6-5-8(7-17)11(16)18/h1-4,8H,5-7H2,(H2,16,18)/t8-/m0/s1. The van der Waals surface area contributed by atoms with E-state index in [1.54, 1.807) is 4.90 Å². The van der Waals surface area contributed by atoms with Crippen molar-refractivity contribution >= 4 is 21.4 Å². The topological polar surface area (TPSA) is 80.5 Å². The SMILES string of the molecule is NC(=O)[C@H]1CCN(c2ccc(S(=O)(=O)C(F)(F)F)cc2)C1. The highest BCUT2D eigenvalue weighted by Gasteiger charge is 2.46. The van der Waals surface area contributed by atoms with Crippen molar-refractivity contribution in [3.8, 4) is 0 Å². The van der Waals surface area contributed by atoms with Gasteiger partial charge in [0.25, 0.3) is 9.84 Å². The molecule has 1 fully saturated rings. The summed E-state index contributed by atoms with van der Waals surface area (Å²) in [5.74, 6) is -0.725. The van der Waals surface area contributed by atoms with Gasteiger partial charge in [0.1, 0.15) is 0 Å². The Morgan fingerprint density at radius 2 is 1.81 bits per heavy atom. The van der Waals surface area contributed by atoms with Crippen LogP contribution in [0.15, 0.2) is 29.2 Å². The first-order valence-electron chi connectivity index (χ1n) is 6.08. The van der Waals surface area contributed by atoms with Crippen molar-refractivity contribution in [1.82, 2.24) is 0 Å².